The Hall–Kier alpha value is -2.73. The quantitative estimate of drug-likeness (QED) is 0.523. The smallest absolute Gasteiger partial charge is 0.435 e. The van der Waals surface area contributed by atoms with Crippen molar-refractivity contribution in [2.45, 2.75) is 44.5 Å². The first-order valence-electron chi connectivity index (χ1n) is 11.1. The summed E-state index contributed by atoms with van der Waals surface area (Å²) in [7, 11) is 0. The van der Waals surface area contributed by atoms with Crippen LogP contribution >= 0.6 is 0 Å². The van der Waals surface area contributed by atoms with Crippen LogP contribution in [0.1, 0.15) is 31.0 Å². The molecule has 7 nitrogen and oxygen atoms in total. The van der Waals surface area contributed by atoms with Crippen molar-refractivity contribution >= 4 is 5.97 Å². The maximum atomic E-state index is 12.5. The molecule has 4 rings (SSSR count). The molecule has 0 amide bonds. The van der Waals surface area contributed by atoms with E-state index >= 15 is 0 Å². The van der Waals surface area contributed by atoms with Crippen molar-refractivity contribution < 1.29 is 36.3 Å². The summed E-state index contributed by atoms with van der Waals surface area (Å²) in [5, 5.41) is 1.04. The van der Waals surface area contributed by atoms with E-state index in [-0.39, 0.29) is 24.8 Å². The summed E-state index contributed by atoms with van der Waals surface area (Å²) in [5.41, 5.74) is 1.41. The number of alkyl halides is 5. The molecule has 0 spiro atoms. The largest absolute Gasteiger partial charge is 0.492 e. The van der Waals surface area contributed by atoms with Gasteiger partial charge in [-0.05, 0) is 56.6 Å². The zero-order valence-corrected chi connectivity index (χ0v) is 18.3. The van der Waals surface area contributed by atoms with Gasteiger partial charge in [-0.2, -0.15) is 22.0 Å². The summed E-state index contributed by atoms with van der Waals surface area (Å²) >= 11 is 0. The lowest BCUT2D eigenvalue weighted by Crippen LogP contribution is -2.40. The molecule has 3 heterocycles. The molecule has 0 aliphatic carbocycles. The van der Waals surface area contributed by atoms with Crippen LogP contribution in [0.2, 0.25) is 0 Å². The zero-order chi connectivity index (χ0) is 24.3. The number of carbonyl (C=O) groups excluding carboxylic acids is 1. The van der Waals surface area contributed by atoms with E-state index < -0.39 is 18.8 Å². The minimum Gasteiger partial charge on any atom is -0.435 e. The number of benzene rings is 1. The van der Waals surface area contributed by atoms with E-state index in [9.17, 15) is 26.7 Å². The van der Waals surface area contributed by atoms with Crippen LogP contribution in [0.15, 0.2) is 30.5 Å². The molecule has 1 aromatic carbocycles. The highest BCUT2D eigenvalue weighted by atomic mass is 19.4. The van der Waals surface area contributed by atoms with Crippen LogP contribution < -0.4 is 4.74 Å². The van der Waals surface area contributed by atoms with Crippen LogP contribution in [-0.4, -0.2) is 71.0 Å². The van der Waals surface area contributed by atoms with Crippen LogP contribution in [0.5, 0.6) is 5.75 Å². The summed E-state index contributed by atoms with van der Waals surface area (Å²) in [5.74, 6) is -1.38. The predicted molar refractivity (Wildman–Crippen MR) is 111 cm³/mol. The molecule has 2 fully saturated rings. The van der Waals surface area contributed by atoms with Gasteiger partial charge in [-0.1, -0.05) is 0 Å². The molecule has 2 aromatic rings. The molecule has 1 aromatic heterocycles. The third-order valence-corrected chi connectivity index (χ3v) is 6.05. The van der Waals surface area contributed by atoms with E-state index in [1.165, 1.54) is 18.6 Å². The lowest BCUT2D eigenvalue weighted by molar-refractivity contribution is -0.241. The average molecular weight is 488 g/mol. The molecular formula is C22H25F5N4O3. The summed E-state index contributed by atoms with van der Waals surface area (Å²) in [4.78, 5) is 22.7. The molecule has 0 saturated carbocycles. The van der Waals surface area contributed by atoms with Crippen molar-refractivity contribution in [3.63, 3.8) is 0 Å². The Bertz CT molecular complexity index is 968. The Kier molecular flexibility index (Phi) is 7.36. The lowest BCUT2D eigenvalue weighted by Gasteiger charge is -2.32. The van der Waals surface area contributed by atoms with E-state index in [1.54, 1.807) is 12.1 Å². The van der Waals surface area contributed by atoms with E-state index in [0.717, 1.165) is 36.1 Å². The van der Waals surface area contributed by atoms with Gasteiger partial charge in [0.05, 0.1) is 5.69 Å². The monoisotopic (exact) mass is 488 g/mol. The molecule has 0 radical (unpaired) electrons. The Morgan fingerprint density at radius 1 is 1.06 bits per heavy atom. The molecule has 2 aliphatic rings. The third kappa shape index (κ3) is 6.03. The Balaban J connectivity index is 1.47. The van der Waals surface area contributed by atoms with Gasteiger partial charge in [-0.15, -0.1) is 5.06 Å². The van der Waals surface area contributed by atoms with E-state index in [2.05, 4.69) is 19.0 Å². The summed E-state index contributed by atoms with van der Waals surface area (Å²) in [6.07, 6.45) is -0.994. The number of halogens is 5. The van der Waals surface area contributed by atoms with Gasteiger partial charge in [0.25, 0.3) is 0 Å². The molecule has 2 saturated heterocycles. The first-order valence-corrected chi connectivity index (χ1v) is 11.1. The van der Waals surface area contributed by atoms with Gasteiger partial charge >= 0.3 is 18.8 Å². The normalized spacial score (nSPS) is 18.2. The second kappa shape index (κ2) is 10.3. The third-order valence-electron chi connectivity index (χ3n) is 6.05. The molecule has 34 heavy (non-hydrogen) atoms. The van der Waals surface area contributed by atoms with Crippen molar-refractivity contribution in [1.29, 1.82) is 0 Å². The Morgan fingerprint density at radius 3 is 2.29 bits per heavy atom. The van der Waals surface area contributed by atoms with Crippen LogP contribution in [0, 0.1) is 0 Å². The second-order valence-electron chi connectivity index (χ2n) is 8.36. The number of rotatable bonds is 8. The van der Waals surface area contributed by atoms with E-state index in [4.69, 9.17) is 4.98 Å². The maximum Gasteiger partial charge on any atom is 0.492 e. The standard InChI is InChI=1S/C22H25F5N4O3/c23-21(24)33-17-4-2-15(3-5-17)18-14-30(13-12-29-8-1-9-29)19(28-18)16-6-10-31(11-7-16)34-20(32)22(25,26)27/h2-5,14,16,21H,1,6-13H2. The van der Waals surface area contributed by atoms with E-state index in [0.29, 0.717) is 25.1 Å². The summed E-state index contributed by atoms with van der Waals surface area (Å²) < 4.78 is 68.7. The van der Waals surface area contributed by atoms with Crippen LogP contribution in [-0.2, 0) is 16.2 Å². The van der Waals surface area contributed by atoms with Crippen molar-refractivity contribution in [3.8, 4) is 17.0 Å². The highest BCUT2D eigenvalue weighted by Gasteiger charge is 2.43. The predicted octanol–water partition coefficient (Wildman–Crippen LogP) is 4.06. The lowest BCUT2D eigenvalue weighted by atomic mass is 9.97. The zero-order valence-electron chi connectivity index (χ0n) is 18.3. The average Bonchev–Trinajstić information content (AvgIpc) is 3.17. The number of piperidine rings is 1. The number of hydroxylamine groups is 2. The minimum absolute atomic E-state index is 0.0209. The Morgan fingerprint density at radius 2 is 1.74 bits per heavy atom. The van der Waals surface area contributed by atoms with Crippen molar-refractivity contribution in [2.75, 3.05) is 32.7 Å². The number of aromatic nitrogens is 2. The van der Waals surface area contributed by atoms with Crippen LogP contribution in [0.4, 0.5) is 22.0 Å². The number of hydrogen-bond acceptors (Lipinski definition) is 6. The van der Waals surface area contributed by atoms with Gasteiger partial charge in [-0.25, -0.2) is 9.78 Å². The molecule has 0 unspecified atom stereocenters. The summed E-state index contributed by atoms with van der Waals surface area (Å²) in [6, 6.07) is 6.22. The van der Waals surface area contributed by atoms with Gasteiger partial charge in [0.1, 0.15) is 11.6 Å². The van der Waals surface area contributed by atoms with Crippen molar-refractivity contribution in [3.05, 3.63) is 36.3 Å². The van der Waals surface area contributed by atoms with Crippen molar-refractivity contribution in [1.82, 2.24) is 19.5 Å². The van der Waals surface area contributed by atoms with Gasteiger partial charge < -0.3 is 19.0 Å². The number of hydrogen-bond donors (Lipinski definition) is 0. The fourth-order valence-corrected chi connectivity index (χ4v) is 4.11. The topological polar surface area (TPSA) is 59.8 Å². The first kappa shape index (κ1) is 24.4. The number of imidazole rings is 1. The summed E-state index contributed by atoms with van der Waals surface area (Å²) in [6.45, 7) is 1.08. The number of ether oxygens (including phenoxy) is 1. The van der Waals surface area contributed by atoms with E-state index in [1.807, 2.05) is 6.20 Å². The number of likely N-dealkylation sites (tertiary alicyclic amines) is 1. The maximum absolute atomic E-state index is 12.5. The van der Waals surface area contributed by atoms with Crippen LogP contribution in [0.3, 0.4) is 0 Å². The fourth-order valence-electron chi connectivity index (χ4n) is 4.11. The molecule has 12 heteroatoms. The molecule has 2 aliphatic heterocycles. The number of carbonyl (C=O) groups is 1. The molecule has 0 atom stereocenters. The van der Waals surface area contributed by atoms with Crippen molar-refractivity contribution in [2.24, 2.45) is 0 Å². The van der Waals surface area contributed by atoms with Gasteiger partial charge in [0.15, 0.2) is 0 Å². The molecule has 186 valence electrons. The van der Waals surface area contributed by atoms with Crippen LogP contribution in [0.25, 0.3) is 11.3 Å². The van der Waals surface area contributed by atoms with Gasteiger partial charge in [0.2, 0.25) is 0 Å². The molecule has 0 bridgehead atoms. The second-order valence-corrected chi connectivity index (χ2v) is 8.36. The molecular weight excluding hydrogens is 463 g/mol. The van der Waals surface area contributed by atoms with Gasteiger partial charge in [-0.3, -0.25) is 0 Å². The van der Waals surface area contributed by atoms with Gasteiger partial charge in [0, 0.05) is 43.9 Å². The highest BCUT2D eigenvalue weighted by molar-refractivity contribution is 5.75. The number of nitrogens with zero attached hydrogens (tertiary/aromatic N) is 4. The minimum atomic E-state index is -5.03. The SMILES string of the molecule is O=C(ON1CCC(c2nc(-c3ccc(OC(F)F)cc3)cn2CCN2CCC2)CC1)C(F)(F)F. The Labute approximate surface area is 193 Å². The fraction of sp³-hybridized carbons (Fsp3) is 0.545. The first-order chi connectivity index (χ1) is 16.2. The highest BCUT2D eigenvalue weighted by Crippen LogP contribution is 2.31. The molecule has 0 N–H and O–H groups in total.